The summed E-state index contributed by atoms with van der Waals surface area (Å²) in [5, 5.41) is 0. The fourth-order valence-corrected chi connectivity index (χ4v) is 8.54. The van der Waals surface area contributed by atoms with Crippen LogP contribution in [0, 0.1) is 105 Å². The molecule has 0 saturated heterocycles. The first kappa shape index (κ1) is 81.6. The lowest BCUT2D eigenvalue weighted by atomic mass is 10.0. The van der Waals surface area contributed by atoms with Gasteiger partial charge in [-0.05, 0) is 146 Å². The summed E-state index contributed by atoms with van der Waals surface area (Å²) in [6.07, 6.45) is 0. The predicted molar refractivity (Wildman–Crippen MR) is 340 cm³/mol. The van der Waals surface area contributed by atoms with Gasteiger partial charge in [0.2, 0.25) is 46.4 Å². The molecule has 0 aliphatic carbocycles. The zero-order valence-corrected chi connectivity index (χ0v) is 55.0. The minimum Gasteiger partial charge on any atom is -0.457 e. The van der Waals surface area contributed by atoms with Gasteiger partial charge in [-0.3, -0.25) is 14.4 Å². The van der Waals surface area contributed by atoms with Crippen LogP contribution >= 0.6 is 0 Å². The van der Waals surface area contributed by atoms with E-state index in [-0.39, 0.29) is 62.2 Å². The maximum atomic E-state index is 15.0. The molecule has 100 heavy (non-hydrogen) atoms. The first-order valence-electron chi connectivity index (χ1n) is 30.6. The molecule has 0 fully saturated rings. The topological polar surface area (TPSA) is 88.1 Å². The molecule has 0 unspecified atom stereocenters. The van der Waals surface area contributed by atoms with Gasteiger partial charge < -0.3 is 18.9 Å². The Hall–Kier alpha value is -10.9. The van der Waals surface area contributed by atoms with Gasteiger partial charge in [-0.25, -0.2) is 61.5 Å². The van der Waals surface area contributed by atoms with Crippen molar-refractivity contribution in [2.24, 2.45) is 0 Å². The lowest BCUT2D eigenvalue weighted by molar-refractivity contribution is 0.103. The second-order valence-corrected chi connectivity index (χ2v) is 18.4. The minimum absolute atomic E-state index is 0.0262. The summed E-state index contributed by atoms with van der Waals surface area (Å²) in [7, 11) is 0. The molecule has 0 aliphatic rings. The van der Waals surface area contributed by atoms with Crippen LogP contribution in [0.2, 0.25) is 0 Å². The molecule has 0 heterocycles. The molecular formula is C75H60F18O7. The van der Waals surface area contributed by atoms with Gasteiger partial charge >= 0.3 is 0 Å². The Morgan fingerprint density at radius 2 is 0.300 bits per heavy atom. The summed E-state index contributed by atoms with van der Waals surface area (Å²) in [5.41, 5.74) is -8.30. The van der Waals surface area contributed by atoms with Crippen LogP contribution in [0.1, 0.15) is 131 Å². The predicted octanol–water partition coefficient (Wildman–Crippen LogP) is 24.5. The highest BCUT2D eigenvalue weighted by Gasteiger charge is 2.37. The minimum atomic E-state index is -2.72. The highest BCUT2D eigenvalue weighted by Crippen LogP contribution is 2.44. The number of carbonyl (C=O) groups is 3. The molecule has 0 amide bonds. The van der Waals surface area contributed by atoms with E-state index in [4.69, 9.17) is 18.9 Å². The van der Waals surface area contributed by atoms with Gasteiger partial charge in [0.05, 0.1) is 22.3 Å². The van der Waals surface area contributed by atoms with Crippen LogP contribution in [0.15, 0.2) is 146 Å². The van der Waals surface area contributed by atoms with Crippen molar-refractivity contribution in [1.29, 1.82) is 0 Å². The van der Waals surface area contributed by atoms with Crippen molar-refractivity contribution in [3.63, 3.8) is 0 Å². The van der Waals surface area contributed by atoms with Gasteiger partial charge in [-0.2, -0.15) is 17.6 Å². The average Bonchev–Trinajstić information content (AvgIpc) is 0.750. The number of hydrogen-bond donors (Lipinski definition) is 0. The lowest BCUT2D eigenvalue weighted by Gasteiger charge is -2.15. The van der Waals surface area contributed by atoms with Crippen molar-refractivity contribution in [2.45, 2.75) is 83.1 Å². The zero-order chi connectivity index (χ0) is 75.3. The van der Waals surface area contributed by atoms with Crippen LogP contribution < -0.4 is 18.9 Å². The van der Waals surface area contributed by atoms with Crippen molar-refractivity contribution in [3.8, 4) is 68.2 Å². The van der Waals surface area contributed by atoms with E-state index in [1.54, 1.807) is 0 Å². The molecule has 0 N–H and O–H groups in total. The molecule has 0 spiro atoms. The molecule has 0 atom stereocenters. The highest BCUT2D eigenvalue weighted by atomic mass is 19.2. The molecule has 0 saturated carbocycles. The fraction of sp³-hybridized carbons (Fsp3) is 0.160. The molecule has 0 aromatic heterocycles. The summed E-state index contributed by atoms with van der Waals surface area (Å²) >= 11 is 0. The normalized spacial score (nSPS) is 10.2. The van der Waals surface area contributed by atoms with Crippen molar-refractivity contribution >= 4 is 17.3 Å². The van der Waals surface area contributed by atoms with E-state index in [0.29, 0.717) is 0 Å². The Morgan fingerprint density at radius 3 is 0.450 bits per heavy atom. The van der Waals surface area contributed by atoms with Crippen LogP contribution in [0.25, 0.3) is 22.3 Å². The van der Waals surface area contributed by atoms with Gasteiger partial charge in [-0.1, -0.05) is 83.1 Å². The summed E-state index contributed by atoms with van der Waals surface area (Å²) in [5.74, 6) is -51.8. The Kier molecular flexibility index (Phi) is 30.3. The molecule has 10 aromatic rings. The van der Waals surface area contributed by atoms with Crippen molar-refractivity contribution < 1.29 is 112 Å². The van der Waals surface area contributed by atoms with Crippen LogP contribution in [0.4, 0.5) is 79.0 Å². The molecule has 25 heteroatoms. The molecule has 7 nitrogen and oxygen atoms in total. The molecule has 0 aliphatic heterocycles. The van der Waals surface area contributed by atoms with Gasteiger partial charge in [0.1, 0.15) is 34.5 Å². The quantitative estimate of drug-likeness (QED) is 0.0412. The molecule has 0 radical (unpaired) electrons. The van der Waals surface area contributed by atoms with Crippen molar-refractivity contribution in [2.75, 3.05) is 0 Å². The number of ketones is 3. The number of rotatable bonds is 16. The first-order valence-corrected chi connectivity index (χ1v) is 30.6. The maximum Gasteiger partial charge on any atom is 0.205 e. The standard InChI is InChI=1S/C63H24F18O7.6C2H6/c64-41-37(42(65)50(73)53(76)49(41)72)39-45(68)55(78)62(56(79)46(39)69)87-35-21-9-29(10-22-35)60(83)27-5-17-33(18-6-27)85-31-13-1-25(2-14-31)59(82)26-3-15-32(16-4-26)86-34-19-7-28(8-20-34)61(84)30-11-23-36(24-12-30)88-63-57(80)47(70)40(48(71)58(63)81)38-43(66)51(74)54(77)52(75)44(38)67;6*1-2/h1-24H;6*1-2H3. The Labute approximate surface area is 562 Å². The van der Waals surface area contributed by atoms with E-state index < -0.39 is 162 Å². The molecular weight excluding hydrogens is 1350 g/mol. The number of hydrogen-bond acceptors (Lipinski definition) is 7. The number of halogens is 18. The average molecular weight is 1420 g/mol. The molecule has 10 aromatic carbocycles. The molecule has 528 valence electrons. The Bertz CT molecular complexity index is 4090. The van der Waals surface area contributed by atoms with Crippen molar-refractivity contribution in [3.05, 3.63) is 284 Å². The van der Waals surface area contributed by atoms with Crippen molar-refractivity contribution in [1.82, 2.24) is 0 Å². The largest absolute Gasteiger partial charge is 0.457 e. The smallest absolute Gasteiger partial charge is 0.205 e. The number of ether oxygens (including phenoxy) is 4. The van der Waals surface area contributed by atoms with Gasteiger partial charge in [0, 0.05) is 33.4 Å². The third-order valence-electron chi connectivity index (χ3n) is 13.0. The van der Waals surface area contributed by atoms with Crippen LogP contribution in [-0.2, 0) is 0 Å². The van der Waals surface area contributed by atoms with Crippen LogP contribution in [-0.4, -0.2) is 17.3 Å². The van der Waals surface area contributed by atoms with E-state index >= 15 is 17.6 Å². The summed E-state index contributed by atoms with van der Waals surface area (Å²) in [6.45, 7) is 24.0. The molecule has 0 bridgehead atoms. The highest BCUT2D eigenvalue weighted by molar-refractivity contribution is 6.10. The summed E-state index contributed by atoms with van der Waals surface area (Å²) in [4.78, 5) is 39.8. The SMILES string of the molecule is CC.CC.CC.CC.CC.CC.O=C(c1ccc(Oc2ccc(C(=O)c3ccc(Oc4c(F)c(F)c(-c5c(F)c(F)c(F)c(F)c5F)c(F)c4F)cc3)cc2)cc1)c1ccc(Oc2ccc(C(=O)c3ccc(Oc4c(F)c(F)c(-c5c(F)c(F)c(F)c(F)c5F)c(F)c4F)cc3)cc2)cc1. The van der Waals surface area contributed by atoms with Crippen LogP contribution in [0.3, 0.4) is 0 Å². The van der Waals surface area contributed by atoms with E-state index in [1.807, 2.05) is 83.1 Å². The van der Waals surface area contributed by atoms with E-state index in [9.17, 15) is 75.8 Å². The Morgan fingerprint density at radius 1 is 0.180 bits per heavy atom. The van der Waals surface area contributed by atoms with Gasteiger partial charge in [-0.15, -0.1) is 0 Å². The second kappa shape index (κ2) is 37.2. The van der Waals surface area contributed by atoms with Crippen LogP contribution in [0.5, 0.6) is 46.0 Å². The monoisotopic (exact) mass is 1410 g/mol. The van der Waals surface area contributed by atoms with E-state index in [2.05, 4.69) is 0 Å². The lowest BCUT2D eigenvalue weighted by Crippen LogP contribution is -2.09. The zero-order valence-electron chi connectivity index (χ0n) is 55.0. The fourth-order valence-electron chi connectivity index (χ4n) is 8.54. The second-order valence-electron chi connectivity index (χ2n) is 18.4. The molecule has 10 rings (SSSR count). The number of benzene rings is 10. The summed E-state index contributed by atoms with van der Waals surface area (Å²) < 4.78 is 281. The number of carbonyl (C=O) groups excluding carboxylic acids is 3. The van der Waals surface area contributed by atoms with Gasteiger partial charge in [0.15, 0.2) is 87.2 Å². The van der Waals surface area contributed by atoms with Gasteiger partial charge in [0.25, 0.3) is 0 Å². The van der Waals surface area contributed by atoms with E-state index in [1.165, 1.54) is 97.1 Å². The van der Waals surface area contributed by atoms with E-state index in [0.717, 1.165) is 48.5 Å². The maximum absolute atomic E-state index is 15.0. The Balaban J connectivity index is 0.00000168. The summed E-state index contributed by atoms with van der Waals surface area (Å²) in [6, 6.07) is 31.5. The third-order valence-corrected chi connectivity index (χ3v) is 13.0. The third kappa shape index (κ3) is 17.3. The first-order chi connectivity index (χ1) is 47.9.